The van der Waals surface area contributed by atoms with Crippen molar-refractivity contribution in [3.05, 3.63) is 42.6 Å². The molecule has 3 aromatic rings. The van der Waals surface area contributed by atoms with Crippen LogP contribution in [0.15, 0.2) is 42.6 Å². The molecule has 2 saturated heterocycles. The summed E-state index contributed by atoms with van der Waals surface area (Å²) in [5.41, 5.74) is 3.18. The molecule has 0 spiro atoms. The van der Waals surface area contributed by atoms with Crippen LogP contribution in [-0.2, 0) is 4.74 Å². The van der Waals surface area contributed by atoms with E-state index in [0.717, 1.165) is 67.4 Å². The number of morpholine rings is 1. The molecule has 6 heteroatoms. The van der Waals surface area contributed by atoms with E-state index in [-0.39, 0.29) is 0 Å². The molecule has 0 radical (unpaired) electrons. The average Bonchev–Trinajstić information content (AvgIpc) is 3.19. The van der Waals surface area contributed by atoms with E-state index in [9.17, 15) is 0 Å². The smallest absolute Gasteiger partial charge is 0.129 e. The van der Waals surface area contributed by atoms with Gasteiger partial charge in [-0.3, -0.25) is 10.00 Å². The van der Waals surface area contributed by atoms with E-state index in [1.54, 1.807) is 0 Å². The highest BCUT2D eigenvalue weighted by molar-refractivity contribution is 5.93. The summed E-state index contributed by atoms with van der Waals surface area (Å²) < 4.78 is 5.49. The fourth-order valence-electron chi connectivity index (χ4n) is 4.32. The molecule has 4 heterocycles. The van der Waals surface area contributed by atoms with Crippen LogP contribution in [0.1, 0.15) is 12.8 Å². The molecule has 0 amide bonds. The van der Waals surface area contributed by atoms with Gasteiger partial charge in [0.05, 0.1) is 18.7 Å². The van der Waals surface area contributed by atoms with Gasteiger partial charge in [0.15, 0.2) is 0 Å². The van der Waals surface area contributed by atoms with Gasteiger partial charge in [-0.25, -0.2) is 4.98 Å². The molecule has 2 aliphatic rings. The minimum atomic E-state index is 0.684. The molecule has 1 aromatic carbocycles. The molecule has 1 N–H and O–H groups in total. The number of piperidine rings is 1. The van der Waals surface area contributed by atoms with Crippen molar-refractivity contribution in [3.63, 3.8) is 0 Å². The summed E-state index contributed by atoms with van der Waals surface area (Å²) in [5.74, 6) is 1.06. The number of rotatable bonds is 3. The van der Waals surface area contributed by atoms with Crippen LogP contribution in [-0.4, -0.2) is 65.5 Å². The highest BCUT2D eigenvalue weighted by atomic mass is 16.5. The number of pyridine rings is 1. The lowest BCUT2D eigenvalue weighted by molar-refractivity contribution is 0.0115. The predicted octanol–water partition coefficient (Wildman–Crippen LogP) is 2.93. The maximum atomic E-state index is 5.49. The fraction of sp³-hybridized carbons (Fsp3) is 0.429. The van der Waals surface area contributed by atoms with Crippen molar-refractivity contribution in [2.75, 3.05) is 44.3 Å². The van der Waals surface area contributed by atoms with Crippen LogP contribution < -0.4 is 4.90 Å². The lowest BCUT2D eigenvalue weighted by Gasteiger charge is -2.40. The lowest BCUT2D eigenvalue weighted by atomic mass is 10.0. The van der Waals surface area contributed by atoms with Gasteiger partial charge < -0.3 is 9.64 Å². The Kier molecular flexibility index (Phi) is 4.51. The first-order chi connectivity index (χ1) is 13.4. The van der Waals surface area contributed by atoms with Gasteiger partial charge in [0.2, 0.25) is 0 Å². The van der Waals surface area contributed by atoms with E-state index >= 15 is 0 Å². The molecule has 2 fully saturated rings. The van der Waals surface area contributed by atoms with Crippen molar-refractivity contribution in [3.8, 4) is 11.3 Å². The van der Waals surface area contributed by atoms with Gasteiger partial charge in [0.25, 0.3) is 0 Å². The fourth-order valence-corrected chi connectivity index (χ4v) is 4.32. The van der Waals surface area contributed by atoms with Crippen LogP contribution in [0.4, 0.5) is 5.82 Å². The number of hydrogen-bond acceptors (Lipinski definition) is 5. The highest BCUT2D eigenvalue weighted by Gasteiger charge is 2.26. The number of aromatic amines is 1. The molecule has 2 aromatic heterocycles. The van der Waals surface area contributed by atoms with Gasteiger partial charge in [-0.05, 0) is 31.0 Å². The van der Waals surface area contributed by atoms with Crippen LogP contribution >= 0.6 is 0 Å². The SMILES string of the molecule is c1ccc2c(-c3ccnc(N4CCC(N5CCOCC5)CC4)c3)n[nH]c2c1. The molecule has 27 heavy (non-hydrogen) atoms. The maximum absolute atomic E-state index is 5.49. The van der Waals surface area contributed by atoms with Gasteiger partial charge in [0.1, 0.15) is 11.5 Å². The van der Waals surface area contributed by atoms with Gasteiger partial charge in [-0.2, -0.15) is 5.10 Å². The Morgan fingerprint density at radius 2 is 1.81 bits per heavy atom. The number of H-pyrrole nitrogens is 1. The average molecular weight is 363 g/mol. The Labute approximate surface area is 159 Å². The van der Waals surface area contributed by atoms with Crippen molar-refractivity contribution >= 4 is 16.7 Å². The quantitative estimate of drug-likeness (QED) is 0.775. The van der Waals surface area contributed by atoms with Gasteiger partial charge >= 0.3 is 0 Å². The molecular formula is C21H25N5O. The Balaban J connectivity index is 1.33. The number of aromatic nitrogens is 3. The molecular weight excluding hydrogens is 338 g/mol. The first-order valence-electron chi connectivity index (χ1n) is 9.85. The standard InChI is InChI=1S/C21H25N5O/c1-2-4-19-18(3-1)21(24-23-19)16-5-8-22-20(15-16)26-9-6-17(7-10-26)25-11-13-27-14-12-25/h1-5,8,15,17H,6-7,9-14H2,(H,23,24). The Bertz CT molecular complexity index is 910. The summed E-state index contributed by atoms with van der Waals surface area (Å²) in [6.07, 6.45) is 4.29. The van der Waals surface area contributed by atoms with Crippen molar-refractivity contribution in [1.29, 1.82) is 0 Å². The summed E-state index contributed by atoms with van der Waals surface area (Å²) in [6.45, 7) is 6.01. The number of fused-ring (bicyclic) bond motifs is 1. The molecule has 140 valence electrons. The highest BCUT2D eigenvalue weighted by Crippen LogP contribution is 2.29. The zero-order chi connectivity index (χ0) is 18.1. The molecule has 0 aliphatic carbocycles. The van der Waals surface area contributed by atoms with Crippen molar-refractivity contribution in [2.24, 2.45) is 0 Å². The Hall–Kier alpha value is -2.44. The van der Waals surface area contributed by atoms with E-state index in [0.29, 0.717) is 6.04 Å². The molecule has 0 bridgehead atoms. The van der Waals surface area contributed by atoms with Gasteiger partial charge in [-0.1, -0.05) is 18.2 Å². The summed E-state index contributed by atoms with van der Waals surface area (Å²) in [7, 11) is 0. The topological polar surface area (TPSA) is 57.3 Å². The lowest BCUT2D eigenvalue weighted by Crippen LogP contribution is -2.49. The minimum Gasteiger partial charge on any atom is -0.379 e. The van der Waals surface area contributed by atoms with Crippen molar-refractivity contribution in [1.82, 2.24) is 20.1 Å². The Morgan fingerprint density at radius 1 is 1.00 bits per heavy atom. The first-order valence-corrected chi connectivity index (χ1v) is 9.85. The first kappa shape index (κ1) is 16.7. The van der Waals surface area contributed by atoms with Crippen molar-refractivity contribution < 1.29 is 4.74 Å². The van der Waals surface area contributed by atoms with Crippen LogP contribution in [0, 0.1) is 0 Å². The second kappa shape index (κ2) is 7.29. The normalized spacial score (nSPS) is 19.6. The maximum Gasteiger partial charge on any atom is 0.129 e. The number of hydrogen-bond donors (Lipinski definition) is 1. The summed E-state index contributed by atoms with van der Waals surface area (Å²) in [6, 6.07) is 13.2. The van der Waals surface area contributed by atoms with E-state index in [1.807, 2.05) is 18.3 Å². The molecule has 0 unspecified atom stereocenters. The summed E-state index contributed by atoms with van der Waals surface area (Å²) >= 11 is 0. The van der Waals surface area contributed by atoms with Gasteiger partial charge in [-0.15, -0.1) is 0 Å². The zero-order valence-electron chi connectivity index (χ0n) is 15.5. The summed E-state index contributed by atoms with van der Waals surface area (Å²) in [4.78, 5) is 9.65. The van der Waals surface area contributed by atoms with Crippen molar-refractivity contribution in [2.45, 2.75) is 18.9 Å². The third-order valence-electron chi connectivity index (χ3n) is 5.84. The Morgan fingerprint density at radius 3 is 2.67 bits per heavy atom. The molecule has 5 rings (SSSR count). The number of para-hydroxylation sites is 1. The number of nitrogens with one attached hydrogen (secondary N) is 1. The monoisotopic (exact) mass is 363 g/mol. The predicted molar refractivity (Wildman–Crippen MR) is 107 cm³/mol. The third kappa shape index (κ3) is 3.31. The molecule has 0 saturated carbocycles. The second-order valence-corrected chi connectivity index (χ2v) is 7.39. The van der Waals surface area contributed by atoms with Crippen LogP contribution in [0.3, 0.4) is 0 Å². The van der Waals surface area contributed by atoms with E-state index in [1.165, 1.54) is 12.8 Å². The number of ether oxygens (including phenoxy) is 1. The van der Waals surface area contributed by atoms with Crippen LogP contribution in [0.2, 0.25) is 0 Å². The minimum absolute atomic E-state index is 0.684. The molecule has 6 nitrogen and oxygen atoms in total. The number of nitrogens with zero attached hydrogens (tertiary/aromatic N) is 4. The molecule has 0 atom stereocenters. The number of anilines is 1. The third-order valence-corrected chi connectivity index (χ3v) is 5.84. The largest absolute Gasteiger partial charge is 0.379 e. The zero-order valence-corrected chi connectivity index (χ0v) is 15.5. The van der Waals surface area contributed by atoms with Gasteiger partial charge in [0, 0.05) is 49.4 Å². The molecule has 2 aliphatic heterocycles. The van der Waals surface area contributed by atoms with Crippen LogP contribution in [0.25, 0.3) is 22.2 Å². The summed E-state index contributed by atoms with van der Waals surface area (Å²) in [5, 5.41) is 8.82. The van der Waals surface area contributed by atoms with Crippen LogP contribution in [0.5, 0.6) is 0 Å². The number of benzene rings is 1. The second-order valence-electron chi connectivity index (χ2n) is 7.39. The van der Waals surface area contributed by atoms with E-state index < -0.39 is 0 Å². The van der Waals surface area contributed by atoms with E-state index in [4.69, 9.17) is 4.74 Å². The van der Waals surface area contributed by atoms with E-state index in [2.05, 4.69) is 49.2 Å².